The Kier molecular flexibility index (Phi) is 5.18. The van der Waals surface area contributed by atoms with Crippen molar-refractivity contribution in [1.82, 2.24) is 4.98 Å². The van der Waals surface area contributed by atoms with Gasteiger partial charge in [-0.3, -0.25) is 4.79 Å². The molecule has 0 fully saturated rings. The molecule has 0 bridgehead atoms. The van der Waals surface area contributed by atoms with Gasteiger partial charge in [-0.2, -0.15) is 0 Å². The van der Waals surface area contributed by atoms with Crippen LogP contribution in [0.15, 0.2) is 48.4 Å². The molecule has 0 saturated heterocycles. The Morgan fingerprint density at radius 3 is 2.95 bits per heavy atom. The monoisotopic (exact) mass is 290 g/mol. The summed E-state index contributed by atoms with van der Waals surface area (Å²) in [7, 11) is 0. The maximum Gasteiger partial charge on any atom is 0.236 e. The number of hydrogen-bond acceptors (Lipinski definition) is 4. The normalized spacial score (nSPS) is 10.1. The Hall–Kier alpha value is -1.59. The van der Waals surface area contributed by atoms with Crippen molar-refractivity contribution < 1.29 is 4.79 Å². The summed E-state index contributed by atoms with van der Waals surface area (Å²) in [6.07, 6.45) is 1.79. The quantitative estimate of drug-likeness (QED) is 0.652. The molecule has 1 aromatic heterocycles. The molecule has 0 aliphatic heterocycles. The molecule has 19 heavy (non-hydrogen) atoms. The van der Waals surface area contributed by atoms with E-state index in [1.54, 1.807) is 6.08 Å². The lowest BCUT2D eigenvalue weighted by molar-refractivity contribution is -0.113. The summed E-state index contributed by atoms with van der Waals surface area (Å²) < 4.78 is 0. The Balaban J connectivity index is 1.94. The van der Waals surface area contributed by atoms with Crippen LogP contribution < -0.4 is 5.32 Å². The summed E-state index contributed by atoms with van der Waals surface area (Å²) in [4.78, 5) is 16.0. The maximum atomic E-state index is 11.6. The largest absolute Gasteiger partial charge is 0.301 e. The molecule has 1 amide bonds. The number of amides is 1. The molecule has 0 spiro atoms. The highest BCUT2D eigenvalue weighted by atomic mass is 32.2. The second-order valence-electron chi connectivity index (χ2n) is 3.76. The summed E-state index contributed by atoms with van der Waals surface area (Å²) in [6.45, 7) is 3.62. The number of rotatable bonds is 6. The second kappa shape index (κ2) is 7.11. The SMILES string of the molecule is C=CCSCC(=O)Nc1nc(-c2ccccc2)cs1. The van der Waals surface area contributed by atoms with E-state index in [4.69, 9.17) is 0 Å². The lowest BCUT2D eigenvalue weighted by Gasteiger charge is -2.00. The van der Waals surface area contributed by atoms with Crippen LogP contribution in [0.2, 0.25) is 0 Å². The van der Waals surface area contributed by atoms with Gasteiger partial charge in [0.25, 0.3) is 0 Å². The van der Waals surface area contributed by atoms with E-state index in [0.29, 0.717) is 10.9 Å². The minimum Gasteiger partial charge on any atom is -0.301 e. The Morgan fingerprint density at radius 2 is 2.21 bits per heavy atom. The van der Waals surface area contributed by atoms with Gasteiger partial charge < -0.3 is 5.32 Å². The predicted octanol–water partition coefficient (Wildman–Crippen LogP) is 3.67. The molecule has 1 heterocycles. The van der Waals surface area contributed by atoms with Crippen molar-refractivity contribution in [2.75, 3.05) is 16.8 Å². The highest BCUT2D eigenvalue weighted by Gasteiger charge is 2.07. The summed E-state index contributed by atoms with van der Waals surface area (Å²) in [5, 5.41) is 5.39. The van der Waals surface area contributed by atoms with Crippen LogP contribution in [0.25, 0.3) is 11.3 Å². The van der Waals surface area contributed by atoms with Crippen molar-refractivity contribution in [3.8, 4) is 11.3 Å². The number of anilines is 1. The number of carbonyl (C=O) groups excluding carboxylic acids is 1. The Labute approximate surface area is 120 Å². The van der Waals surface area contributed by atoms with E-state index in [9.17, 15) is 4.79 Å². The smallest absolute Gasteiger partial charge is 0.236 e. The summed E-state index contributed by atoms with van der Waals surface area (Å²) in [5.41, 5.74) is 1.94. The third-order valence-corrected chi connectivity index (χ3v) is 3.98. The lowest BCUT2D eigenvalue weighted by Crippen LogP contribution is -2.13. The molecule has 2 aromatic rings. The van der Waals surface area contributed by atoms with Crippen LogP contribution in [0, 0.1) is 0 Å². The van der Waals surface area contributed by atoms with Crippen molar-refractivity contribution in [2.24, 2.45) is 0 Å². The first kappa shape index (κ1) is 13.8. The number of nitrogens with one attached hydrogen (secondary N) is 1. The number of benzene rings is 1. The van der Waals surface area contributed by atoms with Gasteiger partial charge in [0.1, 0.15) is 0 Å². The maximum absolute atomic E-state index is 11.6. The first-order chi connectivity index (χ1) is 9.29. The van der Waals surface area contributed by atoms with Crippen LogP contribution in [0.1, 0.15) is 0 Å². The fraction of sp³-hybridized carbons (Fsp3) is 0.143. The van der Waals surface area contributed by atoms with Crippen LogP contribution in [-0.2, 0) is 4.79 Å². The average Bonchev–Trinajstić information content (AvgIpc) is 2.88. The molecule has 0 atom stereocenters. The van der Waals surface area contributed by atoms with E-state index >= 15 is 0 Å². The topological polar surface area (TPSA) is 42.0 Å². The Bertz CT molecular complexity index is 552. The number of aromatic nitrogens is 1. The van der Waals surface area contributed by atoms with Crippen molar-refractivity contribution in [3.63, 3.8) is 0 Å². The molecule has 0 unspecified atom stereocenters. The number of nitrogens with zero attached hydrogens (tertiary/aromatic N) is 1. The van der Waals surface area contributed by atoms with E-state index in [0.717, 1.165) is 17.0 Å². The second-order valence-corrected chi connectivity index (χ2v) is 5.64. The molecule has 1 N–H and O–H groups in total. The highest BCUT2D eigenvalue weighted by Crippen LogP contribution is 2.24. The van der Waals surface area contributed by atoms with E-state index in [-0.39, 0.29) is 5.91 Å². The minimum atomic E-state index is -0.0270. The zero-order chi connectivity index (χ0) is 13.5. The first-order valence-corrected chi connectivity index (χ1v) is 7.82. The van der Waals surface area contributed by atoms with Crippen LogP contribution in [0.3, 0.4) is 0 Å². The molecular formula is C14H14N2OS2. The molecule has 2 rings (SSSR count). The molecule has 3 nitrogen and oxygen atoms in total. The van der Waals surface area contributed by atoms with Crippen LogP contribution in [0.5, 0.6) is 0 Å². The van der Waals surface area contributed by atoms with Gasteiger partial charge in [0, 0.05) is 16.7 Å². The molecule has 0 saturated carbocycles. The van der Waals surface area contributed by atoms with E-state index in [1.807, 2.05) is 35.7 Å². The van der Waals surface area contributed by atoms with Crippen molar-refractivity contribution in [2.45, 2.75) is 0 Å². The van der Waals surface area contributed by atoms with Crippen LogP contribution in [-0.4, -0.2) is 22.4 Å². The molecular weight excluding hydrogens is 276 g/mol. The van der Waals surface area contributed by atoms with Gasteiger partial charge in [0.05, 0.1) is 11.4 Å². The van der Waals surface area contributed by atoms with Crippen LogP contribution in [0.4, 0.5) is 5.13 Å². The summed E-state index contributed by atoms with van der Waals surface area (Å²) >= 11 is 2.97. The van der Waals surface area contributed by atoms with Crippen molar-refractivity contribution in [1.29, 1.82) is 0 Å². The molecule has 1 aromatic carbocycles. The molecule has 5 heteroatoms. The fourth-order valence-electron chi connectivity index (χ4n) is 1.46. The molecule has 0 aliphatic carbocycles. The molecule has 0 radical (unpaired) electrons. The lowest BCUT2D eigenvalue weighted by atomic mass is 10.2. The number of thioether (sulfide) groups is 1. The van der Waals surface area contributed by atoms with Gasteiger partial charge in [-0.05, 0) is 0 Å². The van der Waals surface area contributed by atoms with Crippen LogP contribution >= 0.6 is 23.1 Å². The third-order valence-electron chi connectivity index (χ3n) is 2.29. The first-order valence-electron chi connectivity index (χ1n) is 5.79. The van der Waals surface area contributed by atoms with Crippen molar-refractivity contribution >= 4 is 34.1 Å². The molecule has 0 aliphatic rings. The fourth-order valence-corrected chi connectivity index (χ4v) is 2.74. The number of carbonyl (C=O) groups is 1. The van der Waals surface area contributed by atoms with Crippen molar-refractivity contribution in [3.05, 3.63) is 48.4 Å². The van der Waals surface area contributed by atoms with E-state index < -0.39 is 0 Å². The molecule has 98 valence electrons. The minimum absolute atomic E-state index is 0.0270. The van der Waals surface area contributed by atoms with Gasteiger partial charge in [-0.1, -0.05) is 36.4 Å². The van der Waals surface area contributed by atoms with Gasteiger partial charge in [-0.25, -0.2) is 4.98 Å². The number of hydrogen-bond donors (Lipinski definition) is 1. The zero-order valence-electron chi connectivity index (χ0n) is 10.3. The number of thiazole rings is 1. The van der Waals surface area contributed by atoms with E-state index in [1.165, 1.54) is 23.1 Å². The highest BCUT2D eigenvalue weighted by molar-refractivity contribution is 8.00. The Morgan fingerprint density at radius 1 is 1.42 bits per heavy atom. The average molecular weight is 290 g/mol. The van der Waals surface area contributed by atoms with Gasteiger partial charge in [-0.15, -0.1) is 29.7 Å². The third kappa shape index (κ3) is 4.22. The summed E-state index contributed by atoms with van der Waals surface area (Å²) in [5.74, 6) is 1.17. The summed E-state index contributed by atoms with van der Waals surface area (Å²) in [6, 6.07) is 9.91. The van der Waals surface area contributed by atoms with E-state index in [2.05, 4.69) is 16.9 Å². The zero-order valence-corrected chi connectivity index (χ0v) is 12.0. The standard InChI is InChI=1S/C14H14N2OS2/c1-2-8-18-10-13(17)16-14-15-12(9-19-14)11-6-4-3-5-7-11/h2-7,9H,1,8,10H2,(H,15,16,17). The van der Waals surface area contributed by atoms with Gasteiger partial charge in [0.15, 0.2) is 5.13 Å². The van der Waals surface area contributed by atoms with Gasteiger partial charge in [0.2, 0.25) is 5.91 Å². The van der Waals surface area contributed by atoms with Gasteiger partial charge >= 0.3 is 0 Å². The predicted molar refractivity (Wildman–Crippen MR) is 83.7 cm³/mol.